The van der Waals surface area contributed by atoms with E-state index in [0.29, 0.717) is 19.4 Å². The number of fused-ring (bicyclic) bond motifs is 1. The van der Waals surface area contributed by atoms with E-state index in [4.69, 9.17) is 0 Å². The minimum atomic E-state index is -0.660. The summed E-state index contributed by atoms with van der Waals surface area (Å²) in [5.74, 6) is -0.125. The lowest BCUT2D eigenvalue weighted by Crippen LogP contribution is -2.44. The van der Waals surface area contributed by atoms with Crippen LogP contribution in [0.5, 0.6) is 0 Å². The van der Waals surface area contributed by atoms with Gasteiger partial charge in [0, 0.05) is 13.0 Å². The molecule has 6 heteroatoms. The number of carbonyl (C=O) groups excluding carboxylic acids is 3. The van der Waals surface area contributed by atoms with Gasteiger partial charge in [0.2, 0.25) is 5.91 Å². The fraction of sp³-hybridized carbons (Fsp3) is 0.550. The van der Waals surface area contributed by atoms with Crippen LogP contribution in [0.2, 0.25) is 0 Å². The van der Waals surface area contributed by atoms with Crippen LogP contribution in [0.1, 0.15) is 62.1 Å². The summed E-state index contributed by atoms with van der Waals surface area (Å²) >= 11 is 0. The second kappa shape index (κ2) is 6.74. The third kappa shape index (κ3) is 2.97. The molecule has 0 radical (unpaired) electrons. The number of carbonyl (C=O) groups is 3. The molecule has 2 fully saturated rings. The van der Waals surface area contributed by atoms with Crippen LogP contribution in [0.3, 0.4) is 0 Å². The zero-order chi connectivity index (χ0) is 18.1. The zero-order valence-corrected chi connectivity index (χ0v) is 14.9. The van der Waals surface area contributed by atoms with Crippen molar-refractivity contribution in [2.45, 2.75) is 62.9 Å². The monoisotopic (exact) mass is 355 g/mol. The van der Waals surface area contributed by atoms with E-state index in [-0.39, 0.29) is 23.9 Å². The Labute approximate surface area is 153 Å². The molecular weight excluding hydrogens is 330 g/mol. The van der Waals surface area contributed by atoms with Gasteiger partial charge in [-0.25, -0.2) is 4.79 Å². The first kappa shape index (κ1) is 17.1. The summed E-state index contributed by atoms with van der Waals surface area (Å²) < 4.78 is 0. The van der Waals surface area contributed by atoms with Crippen LogP contribution in [0.25, 0.3) is 0 Å². The Morgan fingerprint density at radius 2 is 2.00 bits per heavy atom. The summed E-state index contributed by atoms with van der Waals surface area (Å²) in [5.41, 5.74) is 1.85. The summed E-state index contributed by atoms with van der Waals surface area (Å²) in [6, 6.07) is 7.98. The largest absolute Gasteiger partial charge is 0.349 e. The first-order valence-electron chi connectivity index (χ1n) is 9.60. The Hall–Kier alpha value is -2.37. The Morgan fingerprint density at radius 1 is 1.23 bits per heavy atom. The first-order valence-corrected chi connectivity index (χ1v) is 9.60. The van der Waals surface area contributed by atoms with Crippen molar-refractivity contribution in [2.75, 3.05) is 6.54 Å². The SMILES string of the molecule is O=C(CCCN1C(=O)NC2(CCCC2)C1=O)NC1CCc2ccccc21. The molecule has 6 nitrogen and oxygen atoms in total. The Morgan fingerprint density at radius 3 is 2.81 bits per heavy atom. The molecule has 1 aromatic carbocycles. The van der Waals surface area contributed by atoms with Crippen LogP contribution in [0.15, 0.2) is 24.3 Å². The Bertz CT molecular complexity index is 740. The minimum Gasteiger partial charge on any atom is -0.349 e. The van der Waals surface area contributed by atoms with Crippen molar-refractivity contribution in [1.29, 1.82) is 0 Å². The van der Waals surface area contributed by atoms with Gasteiger partial charge in [-0.3, -0.25) is 14.5 Å². The maximum Gasteiger partial charge on any atom is 0.325 e. The molecule has 1 heterocycles. The summed E-state index contributed by atoms with van der Waals surface area (Å²) in [7, 11) is 0. The minimum absolute atomic E-state index is 0.0191. The fourth-order valence-electron chi connectivity index (χ4n) is 4.57. The van der Waals surface area contributed by atoms with Crippen molar-refractivity contribution in [3.63, 3.8) is 0 Å². The van der Waals surface area contributed by atoms with Gasteiger partial charge >= 0.3 is 6.03 Å². The maximum atomic E-state index is 12.6. The molecule has 1 saturated carbocycles. The Kier molecular flexibility index (Phi) is 4.42. The molecule has 4 rings (SSSR count). The number of nitrogens with one attached hydrogen (secondary N) is 2. The number of imide groups is 1. The standard InChI is InChI=1S/C20H25N3O3/c24-17(21-16-10-9-14-6-1-2-7-15(14)16)8-5-13-23-18(25)20(22-19(23)26)11-3-4-12-20/h1-2,6-7,16H,3-5,8-13H2,(H,21,24)(H,22,26). The number of aryl methyl sites for hydroxylation is 1. The smallest absolute Gasteiger partial charge is 0.325 e. The van der Waals surface area contributed by atoms with E-state index in [1.165, 1.54) is 16.0 Å². The first-order chi connectivity index (χ1) is 12.6. The van der Waals surface area contributed by atoms with Gasteiger partial charge < -0.3 is 10.6 Å². The quantitative estimate of drug-likeness (QED) is 0.796. The molecule has 26 heavy (non-hydrogen) atoms. The molecule has 4 amide bonds. The average Bonchev–Trinajstić information content (AvgIpc) is 3.31. The molecular formula is C20H25N3O3. The van der Waals surface area contributed by atoms with Crippen molar-refractivity contribution in [2.24, 2.45) is 0 Å². The van der Waals surface area contributed by atoms with E-state index in [1.807, 2.05) is 12.1 Å². The van der Waals surface area contributed by atoms with Crippen LogP contribution in [-0.2, 0) is 16.0 Å². The molecule has 1 saturated heterocycles. The van der Waals surface area contributed by atoms with Crippen LogP contribution >= 0.6 is 0 Å². The normalized spacial score (nSPS) is 23.4. The van der Waals surface area contributed by atoms with Crippen molar-refractivity contribution in [3.8, 4) is 0 Å². The highest BCUT2D eigenvalue weighted by molar-refractivity contribution is 6.07. The van der Waals surface area contributed by atoms with Gasteiger partial charge in [0.15, 0.2) is 0 Å². The predicted molar refractivity (Wildman–Crippen MR) is 96.3 cm³/mol. The molecule has 1 spiro atoms. The molecule has 0 aromatic heterocycles. The van der Waals surface area contributed by atoms with E-state index in [2.05, 4.69) is 22.8 Å². The van der Waals surface area contributed by atoms with Crippen molar-refractivity contribution in [3.05, 3.63) is 35.4 Å². The highest BCUT2D eigenvalue weighted by Crippen LogP contribution is 2.35. The van der Waals surface area contributed by atoms with Crippen molar-refractivity contribution in [1.82, 2.24) is 15.5 Å². The lowest BCUT2D eigenvalue weighted by molar-refractivity contribution is -0.131. The average molecular weight is 355 g/mol. The van der Waals surface area contributed by atoms with Crippen molar-refractivity contribution < 1.29 is 14.4 Å². The molecule has 1 aromatic rings. The summed E-state index contributed by atoms with van der Waals surface area (Å²) in [6.07, 6.45) is 6.16. The second-order valence-corrected chi connectivity index (χ2v) is 7.64. The van der Waals surface area contributed by atoms with E-state index >= 15 is 0 Å². The Balaban J connectivity index is 1.27. The summed E-state index contributed by atoms with van der Waals surface area (Å²) in [5, 5.41) is 5.96. The number of nitrogens with zero attached hydrogens (tertiary/aromatic N) is 1. The number of urea groups is 1. The van der Waals surface area contributed by atoms with Crippen LogP contribution in [0, 0.1) is 0 Å². The number of hydrogen-bond acceptors (Lipinski definition) is 3. The van der Waals surface area contributed by atoms with Gasteiger partial charge in [0.05, 0.1) is 6.04 Å². The molecule has 2 aliphatic carbocycles. The summed E-state index contributed by atoms with van der Waals surface area (Å²) in [4.78, 5) is 38.3. The van der Waals surface area contributed by atoms with E-state index in [1.54, 1.807) is 0 Å². The molecule has 1 aliphatic heterocycles. The number of hydrogen-bond donors (Lipinski definition) is 2. The van der Waals surface area contributed by atoms with Crippen LogP contribution in [0.4, 0.5) is 4.79 Å². The van der Waals surface area contributed by atoms with Gasteiger partial charge in [0.25, 0.3) is 5.91 Å². The van der Waals surface area contributed by atoms with Gasteiger partial charge in [-0.2, -0.15) is 0 Å². The van der Waals surface area contributed by atoms with Crippen LogP contribution < -0.4 is 10.6 Å². The third-order valence-electron chi connectivity index (χ3n) is 5.96. The summed E-state index contributed by atoms with van der Waals surface area (Å²) in [6.45, 7) is 0.307. The predicted octanol–water partition coefficient (Wildman–Crippen LogP) is 2.43. The molecule has 3 aliphatic rings. The molecule has 138 valence electrons. The van der Waals surface area contributed by atoms with Crippen LogP contribution in [-0.4, -0.2) is 34.8 Å². The molecule has 1 unspecified atom stereocenters. The third-order valence-corrected chi connectivity index (χ3v) is 5.96. The van der Waals surface area contributed by atoms with E-state index in [0.717, 1.165) is 38.5 Å². The lowest BCUT2D eigenvalue weighted by Gasteiger charge is -2.20. The highest BCUT2D eigenvalue weighted by atomic mass is 16.2. The fourth-order valence-corrected chi connectivity index (χ4v) is 4.57. The molecule has 2 N–H and O–H groups in total. The second-order valence-electron chi connectivity index (χ2n) is 7.64. The van der Waals surface area contributed by atoms with E-state index in [9.17, 15) is 14.4 Å². The number of amides is 4. The molecule has 0 bridgehead atoms. The van der Waals surface area contributed by atoms with Gasteiger partial charge in [-0.1, -0.05) is 37.1 Å². The highest BCUT2D eigenvalue weighted by Gasteiger charge is 2.52. The van der Waals surface area contributed by atoms with Crippen molar-refractivity contribution >= 4 is 17.8 Å². The van der Waals surface area contributed by atoms with Gasteiger partial charge in [-0.05, 0) is 43.2 Å². The number of rotatable bonds is 5. The lowest BCUT2D eigenvalue weighted by atomic mass is 9.98. The number of benzene rings is 1. The topological polar surface area (TPSA) is 78.5 Å². The maximum absolute atomic E-state index is 12.6. The van der Waals surface area contributed by atoms with E-state index < -0.39 is 5.54 Å². The molecule has 1 atom stereocenters. The van der Waals surface area contributed by atoms with Gasteiger partial charge in [-0.15, -0.1) is 0 Å². The zero-order valence-electron chi connectivity index (χ0n) is 14.9. The van der Waals surface area contributed by atoms with Gasteiger partial charge in [0.1, 0.15) is 5.54 Å².